The quantitative estimate of drug-likeness (QED) is 0.487. The van der Waals surface area contributed by atoms with Crippen LogP contribution >= 0.6 is 0 Å². The first-order chi connectivity index (χ1) is 12.5. The van der Waals surface area contributed by atoms with Crippen LogP contribution in [0.4, 0.5) is 4.39 Å². The van der Waals surface area contributed by atoms with Crippen molar-refractivity contribution in [2.75, 3.05) is 0 Å². The van der Waals surface area contributed by atoms with E-state index in [-0.39, 0.29) is 22.8 Å². The fourth-order valence-electron chi connectivity index (χ4n) is 2.87. The minimum Gasteiger partial charge on any atom is -0.507 e. The molecule has 0 unspecified atom stereocenters. The minimum atomic E-state index is -0.873. The molecule has 0 aliphatic carbocycles. The largest absolute Gasteiger partial charge is 0.507 e. The Labute approximate surface area is 148 Å². The van der Waals surface area contributed by atoms with E-state index in [0.717, 1.165) is 17.5 Å². The lowest BCUT2D eigenvalue weighted by atomic mass is 9.95. The highest BCUT2D eigenvalue weighted by Gasteiger charge is 2.26. The molecule has 0 radical (unpaired) electrons. The van der Waals surface area contributed by atoms with Crippen LogP contribution in [0.3, 0.4) is 0 Å². The summed E-state index contributed by atoms with van der Waals surface area (Å²) < 4.78 is 18.6. The predicted octanol–water partition coefficient (Wildman–Crippen LogP) is 3.84. The molecule has 7 heteroatoms. The molecule has 0 fully saturated rings. The van der Waals surface area contributed by atoms with Crippen molar-refractivity contribution in [1.82, 2.24) is 10.6 Å². The molecule has 3 N–H and O–H groups in total. The van der Waals surface area contributed by atoms with E-state index in [2.05, 4.69) is 5.16 Å². The second-order valence-corrected chi connectivity index (χ2v) is 5.83. The number of hydrogen-bond donors (Lipinski definition) is 3. The third-order valence-corrected chi connectivity index (χ3v) is 4.22. The third kappa shape index (κ3) is 3.04. The van der Waals surface area contributed by atoms with Crippen molar-refractivity contribution in [1.29, 1.82) is 0 Å². The van der Waals surface area contributed by atoms with Crippen LogP contribution in [0.2, 0.25) is 0 Å². The van der Waals surface area contributed by atoms with Crippen LogP contribution in [0.15, 0.2) is 40.9 Å². The number of carbonyl (C=O) groups excluding carboxylic acids is 1. The van der Waals surface area contributed by atoms with Crippen molar-refractivity contribution in [2.24, 2.45) is 0 Å². The van der Waals surface area contributed by atoms with E-state index in [4.69, 9.17) is 9.73 Å². The summed E-state index contributed by atoms with van der Waals surface area (Å²) in [6.45, 7) is 3.86. The number of phenols is 1. The molecule has 0 aliphatic heterocycles. The van der Waals surface area contributed by atoms with Crippen molar-refractivity contribution >= 4 is 5.91 Å². The minimum absolute atomic E-state index is 0.0323. The number of nitrogens with zero attached hydrogens (tertiary/aromatic N) is 1. The van der Waals surface area contributed by atoms with Gasteiger partial charge in [-0.1, -0.05) is 24.2 Å². The average Bonchev–Trinajstić information content (AvgIpc) is 3.06. The zero-order valence-corrected chi connectivity index (χ0v) is 14.2. The van der Waals surface area contributed by atoms with Crippen LogP contribution in [0.1, 0.15) is 28.5 Å². The Hall–Kier alpha value is -3.19. The topological polar surface area (TPSA) is 95.6 Å². The zero-order valence-electron chi connectivity index (χ0n) is 14.2. The maximum absolute atomic E-state index is 13.3. The Morgan fingerprint density at radius 3 is 2.58 bits per heavy atom. The number of hydrogen-bond acceptors (Lipinski definition) is 5. The van der Waals surface area contributed by atoms with Gasteiger partial charge in [-0.3, -0.25) is 10.0 Å². The van der Waals surface area contributed by atoms with Crippen molar-refractivity contribution in [3.05, 3.63) is 59.0 Å². The van der Waals surface area contributed by atoms with Gasteiger partial charge in [-0.2, -0.15) is 0 Å². The van der Waals surface area contributed by atoms with Crippen molar-refractivity contribution in [3.8, 4) is 28.2 Å². The summed E-state index contributed by atoms with van der Waals surface area (Å²) in [5, 5.41) is 23.1. The van der Waals surface area contributed by atoms with Gasteiger partial charge in [-0.05, 0) is 54.3 Å². The van der Waals surface area contributed by atoms with E-state index >= 15 is 0 Å². The summed E-state index contributed by atoms with van der Waals surface area (Å²) in [6, 6.07) is 8.77. The molecule has 6 nitrogen and oxygen atoms in total. The average molecular weight is 356 g/mol. The van der Waals surface area contributed by atoms with Gasteiger partial charge in [0.15, 0.2) is 11.5 Å². The van der Waals surface area contributed by atoms with Gasteiger partial charge >= 0.3 is 0 Å². The highest BCUT2D eigenvalue weighted by atomic mass is 19.1. The summed E-state index contributed by atoms with van der Waals surface area (Å²) in [6.07, 6.45) is 0.739. The number of amides is 1. The van der Waals surface area contributed by atoms with Crippen LogP contribution in [0.25, 0.3) is 22.5 Å². The molecule has 26 heavy (non-hydrogen) atoms. The molecule has 1 heterocycles. The van der Waals surface area contributed by atoms with Crippen molar-refractivity contribution < 1.29 is 24.0 Å². The molecule has 0 spiro atoms. The Morgan fingerprint density at radius 1 is 1.27 bits per heavy atom. The van der Waals surface area contributed by atoms with Crippen LogP contribution in [-0.2, 0) is 6.42 Å². The predicted molar refractivity (Wildman–Crippen MR) is 92.4 cm³/mol. The molecule has 0 atom stereocenters. The van der Waals surface area contributed by atoms with Gasteiger partial charge in [0.2, 0.25) is 0 Å². The van der Waals surface area contributed by atoms with Gasteiger partial charge in [0.05, 0.1) is 11.1 Å². The van der Waals surface area contributed by atoms with E-state index in [9.17, 15) is 14.3 Å². The third-order valence-electron chi connectivity index (χ3n) is 4.22. The SMILES string of the molecule is CCc1cc(-c2onc(C(=O)NO)c2-c2ccc(F)cc2)c(O)cc1C. The standard InChI is InChI=1S/C19H17FN2O4/c1-3-11-9-14(15(23)8-10(11)2)18-16(12-4-6-13(20)7-5-12)17(22-26-18)19(24)21-25/h4-9,23,25H,3H2,1-2H3,(H,21,24). The van der Waals surface area contributed by atoms with E-state index < -0.39 is 11.7 Å². The summed E-state index contributed by atoms with van der Waals surface area (Å²) in [7, 11) is 0. The molecule has 0 bridgehead atoms. The van der Waals surface area contributed by atoms with Gasteiger partial charge in [0, 0.05) is 0 Å². The highest BCUT2D eigenvalue weighted by molar-refractivity contribution is 6.02. The first kappa shape index (κ1) is 17.6. The summed E-state index contributed by atoms with van der Waals surface area (Å²) in [5.74, 6) is -1.19. The fourth-order valence-corrected chi connectivity index (χ4v) is 2.87. The number of benzene rings is 2. The van der Waals surface area contributed by atoms with E-state index in [0.29, 0.717) is 11.1 Å². The zero-order chi connectivity index (χ0) is 18.8. The molecule has 2 aromatic carbocycles. The lowest BCUT2D eigenvalue weighted by molar-refractivity contribution is 0.0697. The Kier molecular flexibility index (Phi) is 4.73. The highest BCUT2D eigenvalue weighted by Crippen LogP contribution is 2.40. The van der Waals surface area contributed by atoms with E-state index in [1.165, 1.54) is 29.7 Å². The van der Waals surface area contributed by atoms with E-state index in [1.54, 1.807) is 12.1 Å². The maximum Gasteiger partial charge on any atom is 0.297 e. The van der Waals surface area contributed by atoms with E-state index in [1.807, 2.05) is 13.8 Å². The number of aromatic hydroxyl groups is 1. The number of halogens is 1. The lowest BCUT2D eigenvalue weighted by Gasteiger charge is -2.10. The molecule has 1 amide bonds. The van der Waals surface area contributed by atoms with Crippen LogP contribution in [0, 0.1) is 12.7 Å². The molecule has 134 valence electrons. The molecule has 0 saturated heterocycles. The summed E-state index contributed by atoms with van der Waals surface area (Å²) in [4.78, 5) is 12.0. The first-order valence-electron chi connectivity index (χ1n) is 7.99. The molecular formula is C19H17FN2O4. The van der Waals surface area contributed by atoms with Crippen molar-refractivity contribution in [3.63, 3.8) is 0 Å². The van der Waals surface area contributed by atoms with Gasteiger partial charge < -0.3 is 9.63 Å². The normalized spacial score (nSPS) is 10.8. The Bertz CT molecular complexity index is 964. The smallest absolute Gasteiger partial charge is 0.297 e. The van der Waals surface area contributed by atoms with Gasteiger partial charge in [-0.15, -0.1) is 0 Å². The number of phenolic OH excluding ortho intramolecular Hbond substituents is 1. The van der Waals surface area contributed by atoms with Crippen LogP contribution in [-0.4, -0.2) is 21.4 Å². The van der Waals surface area contributed by atoms with Crippen molar-refractivity contribution in [2.45, 2.75) is 20.3 Å². The molecule has 1 aromatic heterocycles. The number of hydroxylamine groups is 1. The fraction of sp³-hybridized carbons (Fsp3) is 0.158. The second-order valence-electron chi connectivity index (χ2n) is 5.83. The van der Waals surface area contributed by atoms with Gasteiger partial charge in [0.25, 0.3) is 5.91 Å². The van der Waals surface area contributed by atoms with Crippen LogP contribution in [0.5, 0.6) is 5.75 Å². The monoisotopic (exact) mass is 356 g/mol. The summed E-state index contributed by atoms with van der Waals surface area (Å²) >= 11 is 0. The molecule has 3 aromatic rings. The summed E-state index contributed by atoms with van der Waals surface area (Å²) in [5.41, 5.74) is 4.32. The van der Waals surface area contributed by atoms with Gasteiger partial charge in [-0.25, -0.2) is 9.87 Å². The molecule has 0 aliphatic rings. The van der Waals surface area contributed by atoms with Crippen LogP contribution < -0.4 is 5.48 Å². The number of aryl methyl sites for hydroxylation is 2. The molecule has 0 saturated carbocycles. The second kappa shape index (κ2) is 6.97. The molecule has 3 rings (SSSR count). The maximum atomic E-state index is 13.3. The number of aromatic nitrogens is 1. The number of nitrogens with one attached hydrogen (secondary N) is 1. The Morgan fingerprint density at radius 2 is 1.96 bits per heavy atom. The first-order valence-corrected chi connectivity index (χ1v) is 7.99. The molecular weight excluding hydrogens is 339 g/mol. The number of rotatable bonds is 4. The lowest BCUT2D eigenvalue weighted by Crippen LogP contribution is -2.19. The number of carbonyl (C=O) groups is 1. The van der Waals surface area contributed by atoms with Gasteiger partial charge in [0.1, 0.15) is 11.6 Å². The Balaban J connectivity index is 2.28.